The van der Waals surface area contributed by atoms with Gasteiger partial charge in [0.15, 0.2) is 5.69 Å². The summed E-state index contributed by atoms with van der Waals surface area (Å²) in [6.45, 7) is 3.60. The van der Waals surface area contributed by atoms with E-state index in [2.05, 4.69) is 5.10 Å². The van der Waals surface area contributed by atoms with E-state index in [9.17, 15) is 14.4 Å². The van der Waals surface area contributed by atoms with Gasteiger partial charge in [-0.2, -0.15) is 5.10 Å². The molecule has 7 nitrogen and oxygen atoms in total. The molecule has 1 heterocycles. The fourth-order valence-corrected chi connectivity index (χ4v) is 3.01. The molecule has 0 radical (unpaired) electrons. The van der Waals surface area contributed by atoms with Crippen molar-refractivity contribution in [1.82, 2.24) is 9.78 Å². The number of amides is 1. The third-order valence-electron chi connectivity index (χ3n) is 4.06. The second-order valence-electron chi connectivity index (χ2n) is 6.38. The van der Waals surface area contributed by atoms with E-state index < -0.39 is 24.0 Å². The fraction of sp³-hybridized carbons (Fsp3) is 0.200. The smallest absolute Gasteiger partial charge is 0.328 e. The van der Waals surface area contributed by atoms with Crippen LogP contribution in [-0.4, -0.2) is 21.7 Å². The highest BCUT2D eigenvalue weighted by atomic mass is 16.5. The van der Waals surface area contributed by atoms with Crippen LogP contribution in [0.5, 0.6) is 0 Å². The first-order valence-corrected chi connectivity index (χ1v) is 8.37. The number of hydrogen-bond acceptors (Lipinski definition) is 5. The van der Waals surface area contributed by atoms with Crippen molar-refractivity contribution >= 4 is 22.6 Å². The summed E-state index contributed by atoms with van der Waals surface area (Å²) < 4.78 is 6.16. The van der Waals surface area contributed by atoms with Gasteiger partial charge >= 0.3 is 5.97 Å². The molecular formula is C20H19N3O4. The Hall–Kier alpha value is -3.48. The average Bonchev–Trinajstić information content (AvgIpc) is 2.61. The number of ether oxygens (including phenoxy) is 1. The Kier molecular flexibility index (Phi) is 5.03. The van der Waals surface area contributed by atoms with E-state index in [0.717, 1.165) is 21.4 Å². The van der Waals surface area contributed by atoms with Crippen LogP contribution < -0.4 is 11.3 Å². The van der Waals surface area contributed by atoms with E-state index in [-0.39, 0.29) is 17.7 Å². The third-order valence-corrected chi connectivity index (χ3v) is 4.06. The van der Waals surface area contributed by atoms with Crippen molar-refractivity contribution in [3.8, 4) is 0 Å². The summed E-state index contributed by atoms with van der Waals surface area (Å²) in [5.41, 5.74) is 7.81. The number of primary amides is 1. The van der Waals surface area contributed by atoms with Crippen molar-refractivity contribution in [1.29, 1.82) is 0 Å². The Labute approximate surface area is 155 Å². The van der Waals surface area contributed by atoms with Crippen LogP contribution >= 0.6 is 0 Å². The van der Waals surface area contributed by atoms with Crippen LogP contribution in [0.4, 0.5) is 0 Å². The molecule has 0 unspecified atom stereocenters. The van der Waals surface area contributed by atoms with Gasteiger partial charge in [0.2, 0.25) is 0 Å². The molecule has 2 aromatic carbocycles. The largest absolute Gasteiger partial charge is 0.459 e. The number of benzene rings is 2. The molecule has 1 aromatic heterocycles. The zero-order chi connectivity index (χ0) is 19.6. The molecule has 0 saturated carbocycles. The lowest BCUT2D eigenvalue weighted by molar-refractivity contribution is -0.146. The van der Waals surface area contributed by atoms with Crippen molar-refractivity contribution in [3.05, 3.63) is 75.2 Å². The number of carbonyl (C=O) groups excluding carboxylic acids is 2. The molecule has 0 fully saturated rings. The lowest BCUT2D eigenvalue weighted by Gasteiger charge is -2.10. The number of aromatic nitrogens is 2. The Balaban J connectivity index is 1.83. The number of nitrogens with two attached hydrogens (primary N) is 1. The maximum atomic E-state index is 12.5. The fourth-order valence-electron chi connectivity index (χ4n) is 3.01. The van der Waals surface area contributed by atoms with Gasteiger partial charge in [-0.25, -0.2) is 4.68 Å². The van der Waals surface area contributed by atoms with E-state index in [0.29, 0.717) is 5.39 Å². The molecule has 0 aliphatic carbocycles. The highest BCUT2D eigenvalue weighted by Crippen LogP contribution is 2.13. The van der Waals surface area contributed by atoms with Gasteiger partial charge in [0, 0.05) is 5.39 Å². The predicted octanol–water partition coefficient (Wildman–Crippen LogP) is 1.86. The van der Waals surface area contributed by atoms with E-state index >= 15 is 0 Å². The first-order chi connectivity index (χ1) is 12.8. The van der Waals surface area contributed by atoms with Gasteiger partial charge in [-0.05, 0) is 25.5 Å². The number of aryl methyl sites for hydroxylation is 2. The zero-order valence-electron chi connectivity index (χ0n) is 15.1. The summed E-state index contributed by atoms with van der Waals surface area (Å²) in [7, 11) is 0. The second-order valence-corrected chi connectivity index (χ2v) is 6.38. The molecule has 0 saturated heterocycles. The molecule has 3 aromatic rings. The summed E-state index contributed by atoms with van der Waals surface area (Å²) in [6, 6.07) is 12.4. The molecular weight excluding hydrogens is 346 g/mol. The molecule has 27 heavy (non-hydrogen) atoms. The number of carbonyl (C=O) groups is 2. The molecule has 0 aliphatic rings. The molecule has 138 valence electrons. The van der Waals surface area contributed by atoms with Crippen molar-refractivity contribution < 1.29 is 14.3 Å². The molecule has 7 heteroatoms. The summed E-state index contributed by atoms with van der Waals surface area (Å²) >= 11 is 0. The highest BCUT2D eigenvalue weighted by Gasteiger charge is 2.16. The Bertz CT molecular complexity index is 1080. The van der Waals surface area contributed by atoms with Crippen LogP contribution in [0.2, 0.25) is 0 Å². The number of nitrogens with zero attached hydrogens (tertiary/aromatic N) is 2. The number of esters is 1. The van der Waals surface area contributed by atoms with Crippen molar-refractivity contribution in [3.63, 3.8) is 0 Å². The molecule has 3 rings (SSSR count). The first kappa shape index (κ1) is 18.3. The van der Waals surface area contributed by atoms with Crippen molar-refractivity contribution in [2.75, 3.05) is 0 Å². The normalized spacial score (nSPS) is 10.7. The van der Waals surface area contributed by atoms with Crippen molar-refractivity contribution in [2.24, 2.45) is 5.73 Å². The predicted molar refractivity (Wildman–Crippen MR) is 100 cm³/mol. The maximum Gasteiger partial charge on any atom is 0.328 e. The Morgan fingerprint density at radius 3 is 2.33 bits per heavy atom. The summed E-state index contributed by atoms with van der Waals surface area (Å²) in [5, 5.41) is 4.58. The van der Waals surface area contributed by atoms with Gasteiger partial charge < -0.3 is 10.5 Å². The summed E-state index contributed by atoms with van der Waals surface area (Å²) in [5.74, 6) is -1.40. The molecule has 0 spiro atoms. The first-order valence-electron chi connectivity index (χ1n) is 8.37. The van der Waals surface area contributed by atoms with Gasteiger partial charge in [-0.15, -0.1) is 0 Å². The standard InChI is InChI=1S/C20H19N3O4/c1-12-7-13(2)9-14(8-12)11-27-17(24)10-23-20(26)16-6-4-3-5-15(16)18(22-23)19(21)25/h3-9H,10-11H2,1-2H3,(H2,21,25). The molecule has 1 amide bonds. The minimum absolute atomic E-state index is 0.0627. The van der Waals surface area contributed by atoms with Crippen LogP contribution in [0.1, 0.15) is 27.2 Å². The van der Waals surface area contributed by atoms with E-state index in [4.69, 9.17) is 10.5 Å². The molecule has 0 bridgehead atoms. The molecule has 0 aliphatic heterocycles. The number of hydrogen-bond donors (Lipinski definition) is 1. The van der Waals surface area contributed by atoms with Crippen LogP contribution in [0.15, 0.2) is 47.3 Å². The van der Waals surface area contributed by atoms with Gasteiger partial charge in [0.25, 0.3) is 11.5 Å². The van der Waals surface area contributed by atoms with Gasteiger partial charge in [-0.1, -0.05) is 47.5 Å². The Morgan fingerprint density at radius 1 is 1.07 bits per heavy atom. The third kappa shape index (κ3) is 4.03. The monoisotopic (exact) mass is 365 g/mol. The van der Waals surface area contributed by atoms with Gasteiger partial charge in [0.1, 0.15) is 13.2 Å². The zero-order valence-corrected chi connectivity index (χ0v) is 15.1. The minimum Gasteiger partial charge on any atom is -0.459 e. The quantitative estimate of drug-likeness (QED) is 0.695. The van der Waals surface area contributed by atoms with Crippen LogP contribution in [0, 0.1) is 13.8 Å². The van der Waals surface area contributed by atoms with E-state index in [1.807, 2.05) is 32.0 Å². The van der Waals surface area contributed by atoms with Crippen LogP contribution in [-0.2, 0) is 22.7 Å². The SMILES string of the molecule is Cc1cc(C)cc(COC(=O)Cn2nc(C(N)=O)c3ccccc3c2=O)c1. The Morgan fingerprint density at radius 2 is 1.70 bits per heavy atom. The topological polar surface area (TPSA) is 104 Å². The van der Waals surface area contributed by atoms with E-state index in [1.165, 1.54) is 0 Å². The van der Waals surface area contributed by atoms with Crippen LogP contribution in [0.25, 0.3) is 10.8 Å². The van der Waals surface area contributed by atoms with Gasteiger partial charge in [0.05, 0.1) is 5.39 Å². The summed E-state index contributed by atoms with van der Waals surface area (Å²) in [4.78, 5) is 36.4. The lowest BCUT2D eigenvalue weighted by atomic mass is 10.1. The highest BCUT2D eigenvalue weighted by molar-refractivity contribution is 6.04. The van der Waals surface area contributed by atoms with Crippen molar-refractivity contribution in [2.45, 2.75) is 27.0 Å². The second kappa shape index (κ2) is 7.41. The molecule has 0 atom stereocenters. The van der Waals surface area contributed by atoms with E-state index in [1.54, 1.807) is 24.3 Å². The maximum absolute atomic E-state index is 12.5. The van der Waals surface area contributed by atoms with Crippen LogP contribution in [0.3, 0.4) is 0 Å². The van der Waals surface area contributed by atoms with Gasteiger partial charge in [-0.3, -0.25) is 14.4 Å². The molecule has 2 N–H and O–H groups in total. The number of rotatable bonds is 5. The average molecular weight is 365 g/mol. The minimum atomic E-state index is -0.774. The summed E-state index contributed by atoms with van der Waals surface area (Å²) in [6.07, 6.45) is 0. The number of fused-ring (bicyclic) bond motifs is 1. The lowest BCUT2D eigenvalue weighted by Crippen LogP contribution is -2.31.